The number of nitro groups is 1. The first kappa shape index (κ1) is 15.1. The lowest BCUT2D eigenvalue weighted by Crippen LogP contribution is -2.14. The van der Waals surface area contributed by atoms with Crippen molar-refractivity contribution < 1.29 is 14.1 Å². The molecular formula is C14H10BrFN2O3. The summed E-state index contributed by atoms with van der Waals surface area (Å²) in [7, 11) is 0. The molecule has 2 aromatic rings. The van der Waals surface area contributed by atoms with Gasteiger partial charge < -0.3 is 5.32 Å². The molecule has 0 radical (unpaired) electrons. The fourth-order valence-electron chi connectivity index (χ4n) is 1.76. The largest absolute Gasteiger partial charge is 0.316 e. The van der Waals surface area contributed by atoms with Crippen LogP contribution in [0.4, 0.5) is 15.8 Å². The number of hydrogen-bond donors (Lipinski definition) is 1. The highest BCUT2D eigenvalue weighted by Crippen LogP contribution is 2.27. The molecule has 1 amide bonds. The highest BCUT2D eigenvalue weighted by molar-refractivity contribution is 9.10. The molecule has 0 bridgehead atoms. The third-order valence-corrected chi connectivity index (χ3v) is 3.46. The molecule has 0 saturated carbocycles. The Morgan fingerprint density at radius 2 is 2.00 bits per heavy atom. The molecule has 0 spiro atoms. The molecule has 5 nitrogen and oxygen atoms in total. The summed E-state index contributed by atoms with van der Waals surface area (Å²) in [6, 6.07) is 8.10. The highest BCUT2D eigenvalue weighted by Gasteiger charge is 2.18. The van der Waals surface area contributed by atoms with Crippen molar-refractivity contribution in [1.29, 1.82) is 0 Å². The van der Waals surface area contributed by atoms with Crippen LogP contribution in [0.15, 0.2) is 40.9 Å². The van der Waals surface area contributed by atoms with Crippen molar-refractivity contribution in [2.75, 3.05) is 5.32 Å². The van der Waals surface area contributed by atoms with Crippen molar-refractivity contribution in [3.05, 3.63) is 67.9 Å². The minimum atomic E-state index is -0.631. The van der Waals surface area contributed by atoms with Crippen LogP contribution in [-0.4, -0.2) is 10.8 Å². The molecule has 1 N–H and O–H groups in total. The van der Waals surface area contributed by atoms with E-state index >= 15 is 0 Å². The second-order valence-corrected chi connectivity index (χ2v) is 5.21. The number of nitrogens with zero attached hydrogens (tertiary/aromatic N) is 1. The van der Waals surface area contributed by atoms with Gasteiger partial charge in [-0.25, -0.2) is 4.39 Å². The molecule has 0 aromatic heterocycles. The van der Waals surface area contributed by atoms with Gasteiger partial charge in [0.1, 0.15) is 11.5 Å². The average molecular weight is 353 g/mol. The lowest BCUT2D eigenvalue weighted by molar-refractivity contribution is -0.384. The number of amides is 1. The molecule has 21 heavy (non-hydrogen) atoms. The van der Waals surface area contributed by atoms with Crippen molar-refractivity contribution in [1.82, 2.24) is 0 Å². The summed E-state index contributed by atoms with van der Waals surface area (Å²) in [5.41, 5.74) is 0.610. The van der Waals surface area contributed by atoms with Gasteiger partial charge in [0.25, 0.3) is 11.6 Å². The van der Waals surface area contributed by atoms with Gasteiger partial charge in [0.2, 0.25) is 0 Å². The first-order valence-corrected chi connectivity index (χ1v) is 6.69. The lowest BCUT2D eigenvalue weighted by Gasteiger charge is -2.08. The van der Waals surface area contributed by atoms with Gasteiger partial charge >= 0.3 is 0 Å². The second-order valence-electron chi connectivity index (χ2n) is 4.36. The number of carbonyl (C=O) groups is 1. The first-order valence-electron chi connectivity index (χ1n) is 5.90. The van der Waals surface area contributed by atoms with E-state index < -0.39 is 16.6 Å². The Morgan fingerprint density at radius 1 is 1.29 bits per heavy atom. The molecule has 0 atom stereocenters. The van der Waals surface area contributed by atoms with Gasteiger partial charge in [-0.1, -0.05) is 6.07 Å². The van der Waals surface area contributed by atoms with Crippen LogP contribution in [0.3, 0.4) is 0 Å². The summed E-state index contributed by atoms with van der Waals surface area (Å²) in [4.78, 5) is 22.5. The Bertz CT molecular complexity index is 734. The second kappa shape index (κ2) is 6.01. The van der Waals surface area contributed by atoms with Gasteiger partial charge in [0.15, 0.2) is 0 Å². The van der Waals surface area contributed by atoms with Crippen molar-refractivity contribution in [2.24, 2.45) is 0 Å². The quantitative estimate of drug-likeness (QED) is 0.668. The number of hydrogen-bond acceptors (Lipinski definition) is 3. The monoisotopic (exact) mass is 352 g/mol. The zero-order valence-corrected chi connectivity index (χ0v) is 12.5. The average Bonchev–Trinajstić information content (AvgIpc) is 2.43. The SMILES string of the molecule is Cc1ccc(NC(=O)c2cc(F)ccc2Br)c([N+](=O)[O-])c1. The van der Waals surface area contributed by atoms with Crippen LogP contribution in [0.2, 0.25) is 0 Å². The molecule has 2 rings (SSSR count). The van der Waals surface area contributed by atoms with Crippen molar-refractivity contribution in [3.8, 4) is 0 Å². The molecule has 0 aliphatic heterocycles. The Morgan fingerprint density at radius 3 is 2.67 bits per heavy atom. The summed E-state index contributed by atoms with van der Waals surface area (Å²) in [6.45, 7) is 1.71. The van der Waals surface area contributed by atoms with E-state index in [0.717, 1.165) is 6.07 Å². The Balaban J connectivity index is 2.36. The minimum Gasteiger partial charge on any atom is -0.316 e. The van der Waals surface area contributed by atoms with E-state index in [4.69, 9.17) is 0 Å². The van der Waals surface area contributed by atoms with Crippen molar-refractivity contribution >= 4 is 33.2 Å². The maximum Gasteiger partial charge on any atom is 0.293 e. The zero-order chi connectivity index (χ0) is 15.6. The maximum absolute atomic E-state index is 13.2. The summed E-state index contributed by atoms with van der Waals surface area (Å²) in [6.07, 6.45) is 0. The third kappa shape index (κ3) is 3.43. The summed E-state index contributed by atoms with van der Waals surface area (Å²) >= 11 is 3.14. The predicted octanol–water partition coefficient (Wildman–Crippen LogP) is 4.06. The van der Waals surface area contributed by atoms with Gasteiger partial charge in [-0.3, -0.25) is 14.9 Å². The standard InChI is InChI=1S/C14H10BrFN2O3/c1-8-2-5-12(13(6-8)18(20)21)17-14(19)10-7-9(16)3-4-11(10)15/h2-7H,1H3,(H,17,19). The van der Waals surface area contributed by atoms with E-state index in [1.807, 2.05) is 0 Å². The van der Waals surface area contributed by atoms with E-state index in [2.05, 4.69) is 21.2 Å². The number of rotatable bonds is 3. The van der Waals surface area contributed by atoms with Gasteiger partial charge in [-0.2, -0.15) is 0 Å². The normalized spacial score (nSPS) is 10.2. The number of aryl methyl sites for hydroxylation is 1. The van der Waals surface area contributed by atoms with Gasteiger partial charge in [-0.15, -0.1) is 0 Å². The van der Waals surface area contributed by atoms with Crippen LogP contribution in [0, 0.1) is 22.9 Å². The number of benzene rings is 2. The topological polar surface area (TPSA) is 72.2 Å². The number of anilines is 1. The predicted molar refractivity (Wildman–Crippen MR) is 79.9 cm³/mol. The molecule has 0 fully saturated rings. The van der Waals surface area contributed by atoms with Crippen molar-refractivity contribution in [3.63, 3.8) is 0 Å². The Kier molecular flexibility index (Phi) is 4.32. The van der Waals surface area contributed by atoms with Crippen LogP contribution < -0.4 is 5.32 Å². The number of halogens is 2. The van der Waals surface area contributed by atoms with E-state index in [1.165, 1.54) is 24.3 Å². The molecule has 0 unspecified atom stereocenters. The van der Waals surface area contributed by atoms with Gasteiger partial charge in [0, 0.05) is 10.5 Å². The molecule has 0 saturated heterocycles. The molecule has 0 aliphatic carbocycles. The first-order chi connectivity index (χ1) is 9.88. The fraction of sp³-hybridized carbons (Fsp3) is 0.0714. The lowest BCUT2D eigenvalue weighted by atomic mass is 10.1. The molecule has 2 aromatic carbocycles. The summed E-state index contributed by atoms with van der Waals surface area (Å²) in [5, 5.41) is 13.4. The molecule has 0 heterocycles. The summed E-state index contributed by atoms with van der Waals surface area (Å²) in [5.74, 6) is -1.20. The van der Waals surface area contributed by atoms with E-state index in [1.54, 1.807) is 13.0 Å². The van der Waals surface area contributed by atoms with E-state index in [-0.39, 0.29) is 16.9 Å². The van der Waals surface area contributed by atoms with Crippen LogP contribution >= 0.6 is 15.9 Å². The number of nitro benzene ring substituents is 1. The van der Waals surface area contributed by atoms with Crippen molar-refractivity contribution in [2.45, 2.75) is 6.92 Å². The smallest absolute Gasteiger partial charge is 0.293 e. The van der Waals surface area contributed by atoms with Crippen LogP contribution in [0.5, 0.6) is 0 Å². The zero-order valence-electron chi connectivity index (χ0n) is 10.9. The Labute approximate surface area is 128 Å². The molecule has 7 heteroatoms. The van der Waals surface area contributed by atoms with Crippen LogP contribution in [0.25, 0.3) is 0 Å². The van der Waals surface area contributed by atoms with Gasteiger partial charge in [0.05, 0.1) is 10.5 Å². The maximum atomic E-state index is 13.2. The van der Waals surface area contributed by atoms with Gasteiger partial charge in [-0.05, 0) is 52.7 Å². The molecule has 108 valence electrons. The number of nitrogens with one attached hydrogen (secondary N) is 1. The summed E-state index contributed by atoms with van der Waals surface area (Å²) < 4.78 is 13.6. The highest BCUT2D eigenvalue weighted by atomic mass is 79.9. The van der Waals surface area contributed by atoms with E-state index in [9.17, 15) is 19.3 Å². The molecule has 0 aliphatic rings. The van der Waals surface area contributed by atoms with Crippen LogP contribution in [0.1, 0.15) is 15.9 Å². The molecular weight excluding hydrogens is 343 g/mol. The minimum absolute atomic E-state index is 0.0601. The number of carbonyl (C=O) groups excluding carboxylic acids is 1. The van der Waals surface area contributed by atoms with Crippen LogP contribution in [-0.2, 0) is 0 Å². The third-order valence-electron chi connectivity index (χ3n) is 2.77. The fourth-order valence-corrected chi connectivity index (χ4v) is 2.19. The Hall–Kier alpha value is -2.28. The van der Waals surface area contributed by atoms with E-state index in [0.29, 0.717) is 10.0 Å².